The Balaban J connectivity index is 3.17. The molecule has 0 aliphatic heterocycles. The summed E-state index contributed by atoms with van der Waals surface area (Å²) in [6, 6.07) is 4.07. The Kier molecular flexibility index (Phi) is 1.77. The molecule has 0 fully saturated rings. The first kappa shape index (κ1) is 6.62. The summed E-state index contributed by atoms with van der Waals surface area (Å²) in [5, 5.41) is 0.0648. The smallest absolute Gasteiger partial charge is 0.141 e. The van der Waals surface area contributed by atoms with Gasteiger partial charge in [0.1, 0.15) is 5.82 Å². The lowest BCUT2D eigenvalue weighted by molar-refractivity contribution is 0.628. The van der Waals surface area contributed by atoms with Gasteiger partial charge in [0.15, 0.2) is 0 Å². The molecule has 0 saturated heterocycles. The fourth-order valence-electron chi connectivity index (χ4n) is 0.512. The third-order valence-electron chi connectivity index (χ3n) is 0.944. The van der Waals surface area contributed by atoms with Crippen molar-refractivity contribution in [1.29, 1.82) is 0 Å². The first-order valence-corrected chi connectivity index (χ1v) is 2.78. The molecule has 1 rings (SSSR count). The highest BCUT2D eigenvalue weighted by Crippen LogP contribution is 2.09. The molecule has 1 aromatic carbocycles. The van der Waals surface area contributed by atoms with Gasteiger partial charge in [0, 0.05) is 0 Å². The minimum atomic E-state index is -0.439. The van der Waals surface area contributed by atoms with Crippen molar-refractivity contribution < 1.29 is 4.39 Å². The molecule has 0 atom stereocenters. The van der Waals surface area contributed by atoms with Crippen LogP contribution in [-0.2, 0) is 0 Å². The maximum Gasteiger partial charge on any atom is 0.141 e. The van der Waals surface area contributed by atoms with Crippen LogP contribution in [0.25, 0.3) is 0 Å². The van der Waals surface area contributed by atoms with Crippen molar-refractivity contribution >= 4 is 24.9 Å². The first-order chi connectivity index (χ1) is 4.20. The molecule has 0 spiro atoms. The van der Waals surface area contributed by atoms with Gasteiger partial charge in [-0.05, 0) is 6.07 Å². The van der Waals surface area contributed by atoms with Gasteiger partial charge in [-0.25, -0.2) is 4.39 Å². The number of hydrogen-bond acceptors (Lipinski definition) is 0. The monoisotopic (exact) mass is 140 g/mol. The topological polar surface area (TPSA) is 0 Å². The van der Waals surface area contributed by atoms with E-state index in [1.807, 2.05) is 0 Å². The molecule has 3 heteroatoms. The zero-order valence-electron chi connectivity index (χ0n) is 4.57. The number of hydrogen-bond donors (Lipinski definition) is 0. The fraction of sp³-hybridized carbons (Fsp3) is 0. The van der Waals surface area contributed by atoms with Gasteiger partial charge in [-0.3, -0.25) is 0 Å². The molecule has 0 amide bonds. The highest BCUT2D eigenvalue weighted by atomic mass is 35.5. The van der Waals surface area contributed by atoms with E-state index in [0.29, 0.717) is 5.46 Å². The van der Waals surface area contributed by atoms with Crippen LogP contribution in [0.5, 0.6) is 0 Å². The summed E-state index contributed by atoms with van der Waals surface area (Å²) >= 11 is 5.36. The molecule has 1 aromatic rings. The Morgan fingerprint density at radius 2 is 2.11 bits per heavy atom. The van der Waals surface area contributed by atoms with Gasteiger partial charge in [0.05, 0.1) is 5.02 Å². The van der Waals surface area contributed by atoms with Crippen LogP contribution >= 0.6 is 11.6 Å². The van der Waals surface area contributed by atoms with Gasteiger partial charge in [-0.2, -0.15) is 0 Å². The van der Waals surface area contributed by atoms with E-state index in [0.717, 1.165) is 0 Å². The van der Waals surface area contributed by atoms with Gasteiger partial charge < -0.3 is 13.3 Å². The van der Waals surface area contributed by atoms with Crippen LogP contribution in [0.4, 0.5) is 4.39 Å². The molecule has 0 aliphatic carbocycles. The molecule has 0 unspecified atom stereocenters. The lowest BCUT2D eigenvalue weighted by Crippen LogP contribution is -2.00. The summed E-state index contributed by atoms with van der Waals surface area (Å²) < 4.78 is 12.3. The van der Waals surface area contributed by atoms with Crippen molar-refractivity contribution in [1.82, 2.24) is 0 Å². The van der Waals surface area contributed by atoms with E-state index < -0.39 is 5.82 Å². The van der Waals surface area contributed by atoms with Crippen molar-refractivity contribution in [2.75, 3.05) is 0 Å². The Labute approximate surface area is 59.1 Å². The van der Waals surface area contributed by atoms with E-state index in [9.17, 15) is 4.39 Å². The maximum absolute atomic E-state index is 12.3. The highest BCUT2D eigenvalue weighted by molar-refractivity contribution is 6.36. The van der Waals surface area contributed by atoms with E-state index in [1.54, 1.807) is 0 Å². The molecule has 0 nitrogen and oxygen atoms in total. The predicted molar refractivity (Wildman–Crippen MR) is 36.8 cm³/mol. The molecule has 0 N–H and O–H groups in total. The molecule has 9 heavy (non-hydrogen) atoms. The quantitative estimate of drug-likeness (QED) is 0.476. The molecule has 0 bridgehead atoms. The number of benzene rings is 1. The van der Waals surface area contributed by atoms with E-state index in [2.05, 4.69) is 0 Å². The Morgan fingerprint density at radius 1 is 1.44 bits per heavy atom. The van der Waals surface area contributed by atoms with Crippen molar-refractivity contribution in [3.8, 4) is 0 Å². The predicted octanol–water partition coefficient (Wildman–Crippen LogP) is 1.27. The maximum atomic E-state index is 12.3. The average molecular weight is 140 g/mol. The average Bonchev–Trinajstić information content (AvgIpc) is 1.80. The molecule has 0 saturated carbocycles. The Morgan fingerprint density at radius 3 is 2.56 bits per heavy atom. The van der Waals surface area contributed by atoms with Crippen molar-refractivity contribution in [3.05, 3.63) is 29.0 Å². The zero-order chi connectivity index (χ0) is 6.85. The SMILES string of the molecule is [B-]c1ccc(F)c(Cl)c1. The van der Waals surface area contributed by atoms with Gasteiger partial charge in [-0.15, -0.1) is 6.07 Å². The lowest BCUT2D eigenvalue weighted by Gasteiger charge is -2.05. The summed E-state index contributed by atoms with van der Waals surface area (Å²) in [5.74, 6) is -0.439. The first-order valence-electron chi connectivity index (χ1n) is 2.40. The van der Waals surface area contributed by atoms with E-state index in [1.165, 1.54) is 18.2 Å². The van der Waals surface area contributed by atoms with Crippen LogP contribution in [0, 0.1) is 5.82 Å². The standard InChI is InChI=1S/C6H3BClF/c7-4-1-2-6(9)5(8)3-4/h1-3H/q-1. The fourth-order valence-corrected chi connectivity index (χ4v) is 0.701. The van der Waals surface area contributed by atoms with Gasteiger partial charge >= 0.3 is 0 Å². The van der Waals surface area contributed by atoms with E-state index in [-0.39, 0.29) is 5.02 Å². The molecule has 3 radical (unpaired) electrons. The Hall–Kier alpha value is -0.495. The van der Waals surface area contributed by atoms with Gasteiger partial charge in [0.25, 0.3) is 0 Å². The molecule has 0 aliphatic rings. The summed E-state index contributed by atoms with van der Waals surface area (Å²) in [6.45, 7) is 0. The third-order valence-corrected chi connectivity index (χ3v) is 1.23. The molecule has 0 aromatic heterocycles. The highest BCUT2D eigenvalue weighted by Gasteiger charge is 1.91. The largest absolute Gasteiger partial charge is 0.580 e. The van der Waals surface area contributed by atoms with Crippen LogP contribution in [0.1, 0.15) is 0 Å². The van der Waals surface area contributed by atoms with Crippen molar-refractivity contribution in [2.45, 2.75) is 0 Å². The van der Waals surface area contributed by atoms with Crippen LogP contribution in [-0.4, -0.2) is 7.85 Å². The van der Waals surface area contributed by atoms with Crippen molar-refractivity contribution in [3.63, 3.8) is 0 Å². The molecular formula is C6H3BClF-. The van der Waals surface area contributed by atoms with Gasteiger partial charge in [0.2, 0.25) is 0 Å². The second-order valence-electron chi connectivity index (χ2n) is 1.67. The molecule has 45 valence electrons. The number of rotatable bonds is 0. The summed E-state index contributed by atoms with van der Waals surface area (Å²) in [5.41, 5.74) is 0.474. The minimum absolute atomic E-state index is 0.0648. The molecular weight excluding hydrogens is 137 g/mol. The summed E-state index contributed by atoms with van der Waals surface area (Å²) in [6.07, 6.45) is 0. The van der Waals surface area contributed by atoms with E-state index >= 15 is 0 Å². The summed E-state index contributed by atoms with van der Waals surface area (Å²) in [7, 11) is 5.28. The Bertz CT molecular complexity index is 224. The molecule has 0 heterocycles. The van der Waals surface area contributed by atoms with Crippen LogP contribution in [0.3, 0.4) is 0 Å². The minimum Gasteiger partial charge on any atom is -0.580 e. The second-order valence-corrected chi connectivity index (χ2v) is 2.08. The third kappa shape index (κ3) is 1.45. The van der Waals surface area contributed by atoms with E-state index in [4.69, 9.17) is 19.4 Å². The van der Waals surface area contributed by atoms with Crippen LogP contribution in [0.2, 0.25) is 5.02 Å². The van der Waals surface area contributed by atoms with Crippen molar-refractivity contribution in [2.24, 2.45) is 0 Å². The normalized spacial score (nSPS) is 9.67. The summed E-state index contributed by atoms with van der Waals surface area (Å²) in [4.78, 5) is 0. The second kappa shape index (κ2) is 2.40. The van der Waals surface area contributed by atoms with Gasteiger partial charge in [-0.1, -0.05) is 17.7 Å². The zero-order valence-corrected chi connectivity index (χ0v) is 5.32. The number of halogens is 2. The van der Waals surface area contributed by atoms with Crippen LogP contribution in [0.15, 0.2) is 18.2 Å². The van der Waals surface area contributed by atoms with Crippen LogP contribution < -0.4 is 5.46 Å². The lowest BCUT2D eigenvalue weighted by atomic mass is 9.97.